The topological polar surface area (TPSA) is 52.6 Å². The van der Waals surface area contributed by atoms with Gasteiger partial charge in [-0.25, -0.2) is 9.59 Å². The van der Waals surface area contributed by atoms with Gasteiger partial charge < -0.3 is 9.47 Å². The summed E-state index contributed by atoms with van der Waals surface area (Å²) in [5.74, 6) is -0.0918. The number of benzene rings is 1. The van der Waals surface area contributed by atoms with Gasteiger partial charge in [0.25, 0.3) is 0 Å². The van der Waals surface area contributed by atoms with E-state index < -0.39 is 0 Å². The van der Waals surface area contributed by atoms with E-state index >= 15 is 0 Å². The summed E-state index contributed by atoms with van der Waals surface area (Å²) >= 11 is 0. The lowest BCUT2D eigenvalue weighted by Gasteiger charge is -2.13. The Balaban J connectivity index is 2.43. The maximum atomic E-state index is 12.1. The van der Waals surface area contributed by atoms with Crippen LogP contribution in [-0.2, 0) is 9.47 Å². The third-order valence-electron chi connectivity index (χ3n) is 4.04. The van der Waals surface area contributed by atoms with Crippen LogP contribution in [0.25, 0.3) is 0 Å². The van der Waals surface area contributed by atoms with Gasteiger partial charge in [-0.3, -0.25) is 0 Å². The second-order valence-electron chi connectivity index (χ2n) is 6.96. The van der Waals surface area contributed by atoms with Crippen molar-refractivity contribution in [1.82, 2.24) is 0 Å². The zero-order valence-electron chi connectivity index (χ0n) is 16.0. The van der Waals surface area contributed by atoms with Crippen molar-refractivity contribution in [3.63, 3.8) is 0 Å². The van der Waals surface area contributed by atoms with Crippen molar-refractivity contribution in [3.8, 4) is 0 Å². The van der Waals surface area contributed by atoms with E-state index in [0.717, 1.165) is 38.5 Å². The van der Waals surface area contributed by atoms with Gasteiger partial charge in [-0.2, -0.15) is 0 Å². The van der Waals surface area contributed by atoms with E-state index in [9.17, 15) is 9.59 Å². The predicted molar refractivity (Wildman–Crippen MR) is 99.8 cm³/mol. The van der Waals surface area contributed by atoms with Crippen LogP contribution in [0.2, 0.25) is 0 Å². The second-order valence-corrected chi connectivity index (χ2v) is 6.96. The monoisotopic (exact) mass is 348 g/mol. The highest BCUT2D eigenvalue weighted by Crippen LogP contribution is 2.12. The highest BCUT2D eigenvalue weighted by atomic mass is 16.5. The lowest BCUT2D eigenvalue weighted by atomic mass is 10.1. The Kier molecular flexibility index (Phi) is 9.90. The van der Waals surface area contributed by atoms with Crippen molar-refractivity contribution in [2.75, 3.05) is 6.61 Å². The van der Waals surface area contributed by atoms with Crippen molar-refractivity contribution in [2.24, 2.45) is 5.92 Å². The van der Waals surface area contributed by atoms with Crippen molar-refractivity contribution in [1.29, 1.82) is 0 Å². The van der Waals surface area contributed by atoms with Gasteiger partial charge in [-0.15, -0.1) is 0 Å². The van der Waals surface area contributed by atoms with E-state index in [2.05, 4.69) is 20.8 Å². The molecule has 0 fully saturated rings. The number of carbonyl (C=O) groups excluding carboxylic acids is 2. The fraction of sp³-hybridized carbons (Fsp3) is 0.619. The molecule has 0 heterocycles. The summed E-state index contributed by atoms with van der Waals surface area (Å²) in [6.07, 6.45) is 6.04. The Bertz CT molecular complexity index is 519. The molecular formula is C21H32O4. The van der Waals surface area contributed by atoms with E-state index in [0.29, 0.717) is 23.7 Å². The number of hydrogen-bond donors (Lipinski definition) is 0. The van der Waals surface area contributed by atoms with Gasteiger partial charge in [0.2, 0.25) is 0 Å². The van der Waals surface area contributed by atoms with Crippen molar-refractivity contribution >= 4 is 11.9 Å². The first-order valence-corrected chi connectivity index (χ1v) is 9.42. The molecule has 0 aliphatic carbocycles. The average molecular weight is 348 g/mol. The molecule has 0 N–H and O–H groups in total. The normalized spacial score (nSPS) is 12.0. The molecule has 0 aliphatic rings. The number of esters is 2. The van der Waals surface area contributed by atoms with E-state index in [1.165, 1.54) is 0 Å². The standard InChI is InChI=1S/C21H32O4/c1-5-6-7-10-17(4)25-21(23)19-13-11-18(12-14-19)20(22)24-15-8-9-16(2)3/h11-14,16-17H,5-10,15H2,1-4H3. The van der Waals surface area contributed by atoms with E-state index in [4.69, 9.17) is 9.47 Å². The minimum absolute atomic E-state index is 0.0929. The maximum Gasteiger partial charge on any atom is 0.338 e. The van der Waals surface area contributed by atoms with Crippen LogP contribution in [0, 0.1) is 5.92 Å². The minimum Gasteiger partial charge on any atom is -0.462 e. The Labute approximate surface area is 151 Å². The van der Waals surface area contributed by atoms with Crippen molar-refractivity contribution in [3.05, 3.63) is 35.4 Å². The molecule has 0 saturated heterocycles. The second kappa shape index (κ2) is 11.7. The largest absolute Gasteiger partial charge is 0.462 e. The lowest BCUT2D eigenvalue weighted by molar-refractivity contribution is 0.0318. The summed E-state index contributed by atoms with van der Waals surface area (Å²) in [5, 5.41) is 0. The zero-order chi connectivity index (χ0) is 18.7. The predicted octanol–water partition coefficient (Wildman–Crippen LogP) is 5.41. The lowest BCUT2D eigenvalue weighted by Crippen LogP contribution is -2.15. The molecule has 4 nitrogen and oxygen atoms in total. The van der Waals surface area contributed by atoms with Crippen LogP contribution in [0.15, 0.2) is 24.3 Å². The first-order chi connectivity index (χ1) is 11.9. The van der Waals surface area contributed by atoms with Crippen molar-refractivity contribution < 1.29 is 19.1 Å². The SMILES string of the molecule is CCCCCC(C)OC(=O)c1ccc(C(=O)OCCCC(C)C)cc1. The van der Waals surface area contributed by atoms with Gasteiger partial charge in [0.15, 0.2) is 0 Å². The summed E-state index contributed by atoms with van der Waals surface area (Å²) in [7, 11) is 0. The molecule has 0 bridgehead atoms. The van der Waals surface area contributed by atoms with Crippen LogP contribution >= 0.6 is 0 Å². The van der Waals surface area contributed by atoms with E-state index in [-0.39, 0.29) is 18.0 Å². The van der Waals surface area contributed by atoms with Crippen LogP contribution in [0.3, 0.4) is 0 Å². The summed E-state index contributed by atoms with van der Waals surface area (Å²) < 4.78 is 10.7. The fourth-order valence-corrected chi connectivity index (χ4v) is 2.47. The highest BCUT2D eigenvalue weighted by molar-refractivity contribution is 5.93. The molecule has 1 atom stereocenters. The van der Waals surface area contributed by atoms with Crippen LogP contribution in [0.1, 0.15) is 86.9 Å². The third kappa shape index (κ3) is 8.71. The Morgan fingerprint density at radius 1 is 0.880 bits per heavy atom. The quantitative estimate of drug-likeness (QED) is 0.396. The molecule has 140 valence electrons. The first-order valence-electron chi connectivity index (χ1n) is 9.42. The summed E-state index contributed by atoms with van der Waals surface area (Å²) in [5.41, 5.74) is 0.913. The smallest absolute Gasteiger partial charge is 0.338 e. The average Bonchev–Trinajstić information content (AvgIpc) is 2.58. The van der Waals surface area contributed by atoms with Gasteiger partial charge in [0.05, 0.1) is 23.8 Å². The number of rotatable bonds is 11. The molecule has 0 saturated carbocycles. The molecule has 0 aromatic heterocycles. The number of hydrogen-bond acceptors (Lipinski definition) is 4. The molecule has 25 heavy (non-hydrogen) atoms. The first kappa shape index (κ1) is 21.2. The highest BCUT2D eigenvalue weighted by Gasteiger charge is 2.13. The van der Waals surface area contributed by atoms with Crippen LogP contribution in [-0.4, -0.2) is 24.6 Å². The molecule has 1 aromatic carbocycles. The van der Waals surface area contributed by atoms with Gasteiger partial charge in [-0.1, -0.05) is 33.6 Å². The van der Waals surface area contributed by atoms with Crippen LogP contribution < -0.4 is 0 Å². The summed E-state index contributed by atoms with van der Waals surface area (Å²) in [4.78, 5) is 24.1. The third-order valence-corrected chi connectivity index (χ3v) is 4.04. The minimum atomic E-state index is -0.350. The number of unbranched alkanes of at least 4 members (excludes halogenated alkanes) is 2. The van der Waals surface area contributed by atoms with Crippen LogP contribution in [0.5, 0.6) is 0 Å². The van der Waals surface area contributed by atoms with Gasteiger partial charge >= 0.3 is 11.9 Å². The molecule has 0 spiro atoms. The van der Waals surface area contributed by atoms with Gasteiger partial charge in [0, 0.05) is 0 Å². The molecule has 4 heteroatoms. The molecule has 0 amide bonds. The number of carbonyl (C=O) groups is 2. The van der Waals surface area contributed by atoms with Gasteiger partial charge in [0.1, 0.15) is 0 Å². The summed E-state index contributed by atoms with van der Waals surface area (Å²) in [6.45, 7) is 8.77. The summed E-state index contributed by atoms with van der Waals surface area (Å²) in [6, 6.07) is 6.46. The Morgan fingerprint density at radius 3 is 2.04 bits per heavy atom. The Morgan fingerprint density at radius 2 is 1.48 bits per heavy atom. The van der Waals surface area contributed by atoms with Gasteiger partial charge in [-0.05, 0) is 62.8 Å². The molecule has 0 aliphatic heterocycles. The molecular weight excluding hydrogens is 316 g/mol. The molecule has 0 radical (unpaired) electrons. The van der Waals surface area contributed by atoms with E-state index in [1.54, 1.807) is 24.3 Å². The fourth-order valence-electron chi connectivity index (χ4n) is 2.47. The molecule has 1 aromatic rings. The number of ether oxygens (including phenoxy) is 2. The Hall–Kier alpha value is -1.84. The van der Waals surface area contributed by atoms with Crippen LogP contribution in [0.4, 0.5) is 0 Å². The van der Waals surface area contributed by atoms with E-state index in [1.807, 2.05) is 6.92 Å². The zero-order valence-corrected chi connectivity index (χ0v) is 16.0. The molecule has 1 rings (SSSR count). The molecule has 1 unspecified atom stereocenters. The van der Waals surface area contributed by atoms with Crippen molar-refractivity contribution in [2.45, 2.75) is 72.3 Å². The maximum absolute atomic E-state index is 12.1.